The molecule has 0 unspecified atom stereocenters. The molecule has 0 spiro atoms. The third-order valence-electron chi connectivity index (χ3n) is 3.09. The average Bonchev–Trinajstić information content (AvgIpc) is 2.13. The Morgan fingerprint density at radius 1 is 1.31 bits per heavy atom. The predicted octanol–water partition coefficient (Wildman–Crippen LogP) is 2.83. The van der Waals surface area contributed by atoms with Crippen LogP contribution >= 0.6 is 0 Å². The van der Waals surface area contributed by atoms with Gasteiger partial charge in [0.1, 0.15) is 6.61 Å². The van der Waals surface area contributed by atoms with Gasteiger partial charge in [0.25, 0.3) is 6.43 Å². The molecule has 1 fully saturated rings. The normalized spacial score (nSPS) is 19.1. The molecule has 0 aliphatic heterocycles. The fourth-order valence-electron chi connectivity index (χ4n) is 1.98. The zero-order valence-electron chi connectivity index (χ0n) is 10.3. The molecule has 0 aromatic carbocycles. The molecule has 4 heteroatoms. The van der Waals surface area contributed by atoms with E-state index in [1.807, 2.05) is 0 Å². The molecule has 2 nitrogen and oxygen atoms in total. The van der Waals surface area contributed by atoms with Crippen LogP contribution in [0.15, 0.2) is 0 Å². The molecule has 1 N–H and O–H groups in total. The molecule has 96 valence electrons. The van der Waals surface area contributed by atoms with Gasteiger partial charge in [-0.25, -0.2) is 8.78 Å². The molecule has 0 atom stereocenters. The number of rotatable bonds is 8. The van der Waals surface area contributed by atoms with Gasteiger partial charge in [-0.2, -0.15) is 0 Å². The van der Waals surface area contributed by atoms with Crippen molar-refractivity contribution in [2.75, 3.05) is 19.7 Å². The molecule has 1 saturated carbocycles. The molecule has 0 heterocycles. The highest BCUT2D eigenvalue weighted by atomic mass is 19.3. The highest BCUT2D eigenvalue weighted by Gasteiger charge is 2.37. The maximum absolute atomic E-state index is 12.1. The van der Waals surface area contributed by atoms with E-state index in [9.17, 15) is 8.78 Å². The van der Waals surface area contributed by atoms with Crippen molar-refractivity contribution in [3.8, 4) is 0 Å². The molecular weight excluding hydrogens is 212 g/mol. The van der Waals surface area contributed by atoms with Crippen molar-refractivity contribution >= 4 is 0 Å². The van der Waals surface area contributed by atoms with Crippen molar-refractivity contribution < 1.29 is 13.5 Å². The third kappa shape index (κ3) is 4.74. The quantitative estimate of drug-likeness (QED) is 0.653. The van der Waals surface area contributed by atoms with Gasteiger partial charge in [-0.15, -0.1) is 0 Å². The number of ether oxygens (including phenoxy) is 1. The summed E-state index contributed by atoms with van der Waals surface area (Å²) >= 11 is 0. The molecule has 1 aliphatic carbocycles. The molecular formula is C12H23F2NO. The predicted molar refractivity (Wildman–Crippen MR) is 60.9 cm³/mol. The van der Waals surface area contributed by atoms with Crippen molar-refractivity contribution in [1.82, 2.24) is 5.32 Å². The Bertz CT molecular complexity index is 193. The van der Waals surface area contributed by atoms with Gasteiger partial charge >= 0.3 is 0 Å². The Hall–Kier alpha value is -0.220. The van der Waals surface area contributed by atoms with E-state index in [4.69, 9.17) is 4.74 Å². The lowest BCUT2D eigenvalue weighted by Gasteiger charge is -2.42. The minimum atomic E-state index is -2.35. The maximum atomic E-state index is 12.1. The van der Waals surface area contributed by atoms with Gasteiger partial charge in [0.2, 0.25) is 0 Å². The van der Waals surface area contributed by atoms with Crippen LogP contribution in [0, 0.1) is 5.92 Å². The summed E-state index contributed by atoms with van der Waals surface area (Å²) in [6.45, 7) is 5.73. The van der Waals surface area contributed by atoms with Crippen molar-refractivity contribution in [3.05, 3.63) is 0 Å². The number of alkyl halides is 2. The van der Waals surface area contributed by atoms with Crippen molar-refractivity contribution in [1.29, 1.82) is 0 Å². The van der Waals surface area contributed by atoms with E-state index in [0.717, 1.165) is 38.8 Å². The summed E-state index contributed by atoms with van der Waals surface area (Å²) in [5.74, 6) is 0.624. The smallest absolute Gasteiger partial charge is 0.261 e. The third-order valence-corrected chi connectivity index (χ3v) is 3.09. The van der Waals surface area contributed by atoms with Crippen LogP contribution < -0.4 is 5.32 Å². The first-order valence-corrected chi connectivity index (χ1v) is 6.17. The second-order valence-corrected chi connectivity index (χ2v) is 5.09. The molecule has 1 aliphatic rings. The van der Waals surface area contributed by atoms with Gasteiger partial charge in [-0.3, -0.25) is 0 Å². The van der Waals surface area contributed by atoms with E-state index >= 15 is 0 Å². The van der Waals surface area contributed by atoms with Crippen molar-refractivity contribution in [3.63, 3.8) is 0 Å². The Balaban J connectivity index is 2.15. The molecule has 0 bridgehead atoms. The van der Waals surface area contributed by atoms with Crippen LogP contribution in [0.5, 0.6) is 0 Å². The first-order valence-electron chi connectivity index (χ1n) is 6.17. The first kappa shape index (κ1) is 13.8. The van der Waals surface area contributed by atoms with Gasteiger partial charge in [0, 0.05) is 0 Å². The van der Waals surface area contributed by atoms with Gasteiger partial charge in [-0.1, -0.05) is 13.8 Å². The number of hydrogen-bond donors (Lipinski definition) is 1. The zero-order chi connectivity index (χ0) is 12.0. The summed E-state index contributed by atoms with van der Waals surface area (Å²) in [6, 6.07) is 0. The molecule has 16 heavy (non-hydrogen) atoms. The standard InChI is InChI=1S/C12H23F2NO/c1-10(2)8-15-7-6-12(4-3-5-12)16-9-11(13)14/h10-11,15H,3-9H2,1-2H3. The molecule has 0 aromatic rings. The minimum Gasteiger partial charge on any atom is -0.369 e. The number of nitrogens with one attached hydrogen (secondary N) is 1. The van der Waals surface area contributed by atoms with Crippen LogP contribution in [0.4, 0.5) is 8.78 Å². The van der Waals surface area contributed by atoms with Crippen LogP contribution in [-0.4, -0.2) is 31.7 Å². The zero-order valence-corrected chi connectivity index (χ0v) is 10.3. The highest BCUT2D eigenvalue weighted by molar-refractivity contribution is 4.90. The Kier molecular flexibility index (Phi) is 5.62. The number of hydrogen-bond acceptors (Lipinski definition) is 2. The van der Waals surface area contributed by atoms with Crippen LogP contribution in [0.25, 0.3) is 0 Å². The summed E-state index contributed by atoms with van der Waals surface area (Å²) in [5.41, 5.74) is -0.250. The van der Waals surface area contributed by atoms with Gasteiger partial charge in [0.15, 0.2) is 0 Å². The van der Waals surface area contributed by atoms with E-state index < -0.39 is 13.0 Å². The topological polar surface area (TPSA) is 21.3 Å². The van der Waals surface area contributed by atoms with Crippen molar-refractivity contribution in [2.45, 2.75) is 51.6 Å². The summed E-state index contributed by atoms with van der Waals surface area (Å²) in [7, 11) is 0. The molecule has 1 rings (SSSR count). The minimum absolute atomic E-state index is 0.250. The summed E-state index contributed by atoms with van der Waals surface area (Å²) in [6.07, 6.45) is 1.48. The van der Waals surface area contributed by atoms with Gasteiger partial charge < -0.3 is 10.1 Å². The fourth-order valence-corrected chi connectivity index (χ4v) is 1.98. The Morgan fingerprint density at radius 3 is 2.44 bits per heavy atom. The highest BCUT2D eigenvalue weighted by Crippen LogP contribution is 2.38. The Labute approximate surface area is 96.7 Å². The van der Waals surface area contributed by atoms with Crippen molar-refractivity contribution in [2.24, 2.45) is 5.92 Å². The summed E-state index contributed by atoms with van der Waals surface area (Å²) < 4.78 is 29.5. The molecule has 0 radical (unpaired) electrons. The van der Waals surface area contributed by atoms with Crippen LogP contribution in [0.1, 0.15) is 39.5 Å². The van der Waals surface area contributed by atoms with E-state index in [0.29, 0.717) is 5.92 Å². The lowest BCUT2D eigenvalue weighted by Crippen LogP contribution is -2.43. The molecule has 0 amide bonds. The lowest BCUT2D eigenvalue weighted by atomic mass is 9.77. The van der Waals surface area contributed by atoms with Crippen LogP contribution in [0.2, 0.25) is 0 Å². The summed E-state index contributed by atoms with van der Waals surface area (Å²) in [4.78, 5) is 0. The second kappa shape index (κ2) is 6.50. The monoisotopic (exact) mass is 235 g/mol. The lowest BCUT2D eigenvalue weighted by molar-refractivity contribution is -0.133. The van der Waals surface area contributed by atoms with Gasteiger partial charge in [0.05, 0.1) is 5.60 Å². The largest absolute Gasteiger partial charge is 0.369 e. The van der Waals surface area contributed by atoms with Gasteiger partial charge in [-0.05, 0) is 44.7 Å². The Morgan fingerprint density at radius 2 is 2.00 bits per heavy atom. The SMILES string of the molecule is CC(C)CNCCC1(OCC(F)F)CCC1. The fraction of sp³-hybridized carbons (Fsp3) is 1.00. The molecule has 0 aromatic heterocycles. The number of halogens is 2. The first-order chi connectivity index (χ1) is 7.54. The maximum Gasteiger partial charge on any atom is 0.261 e. The van der Waals surface area contributed by atoms with Crippen LogP contribution in [-0.2, 0) is 4.74 Å². The van der Waals surface area contributed by atoms with E-state index in [1.165, 1.54) is 0 Å². The van der Waals surface area contributed by atoms with E-state index in [2.05, 4.69) is 19.2 Å². The second-order valence-electron chi connectivity index (χ2n) is 5.09. The van der Waals surface area contributed by atoms with E-state index in [-0.39, 0.29) is 5.60 Å². The van der Waals surface area contributed by atoms with Crippen LogP contribution in [0.3, 0.4) is 0 Å². The molecule has 0 saturated heterocycles. The van der Waals surface area contributed by atoms with E-state index in [1.54, 1.807) is 0 Å². The average molecular weight is 235 g/mol. The summed E-state index contributed by atoms with van der Waals surface area (Å²) in [5, 5.41) is 3.33.